The van der Waals surface area contributed by atoms with E-state index in [1.807, 2.05) is 0 Å². The van der Waals surface area contributed by atoms with Crippen molar-refractivity contribution in [1.29, 1.82) is 0 Å². The van der Waals surface area contributed by atoms with E-state index >= 15 is 0 Å². The highest BCUT2D eigenvalue weighted by Crippen LogP contribution is 2.39. The largest absolute Gasteiger partial charge is 0.379 e. The number of nitrogens with one attached hydrogen (secondary N) is 1. The van der Waals surface area contributed by atoms with Gasteiger partial charge in [0.1, 0.15) is 0 Å². The highest BCUT2D eigenvalue weighted by Gasteiger charge is 2.25. The number of nitrogens with zero attached hydrogens (tertiary/aromatic N) is 1. The molecule has 6 heteroatoms. The number of carbonyl (C=O) groups excluding carboxylic acids is 1. The van der Waals surface area contributed by atoms with E-state index < -0.39 is 0 Å². The maximum absolute atomic E-state index is 13.0. The van der Waals surface area contributed by atoms with Crippen molar-refractivity contribution < 1.29 is 9.53 Å². The molecule has 1 N–H and O–H groups in total. The van der Waals surface area contributed by atoms with Crippen LogP contribution in [0, 0.1) is 0 Å². The van der Waals surface area contributed by atoms with E-state index in [1.54, 1.807) is 22.7 Å². The third kappa shape index (κ3) is 3.90. The van der Waals surface area contributed by atoms with Crippen molar-refractivity contribution in [3.63, 3.8) is 0 Å². The second kappa shape index (κ2) is 8.40. The molecular formula is C23H24N2O2S2. The van der Waals surface area contributed by atoms with Crippen LogP contribution in [0.5, 0.6) is 0 Å². The Morgan fingerprint density at radius 3 is 2.76 bits per heavy atom. The zero-order chi connectivity index (χ0) is 19.6. The molecule has 4 nitrogen and oxygen atoms in total. The number of amides is 1. The molecule has 1 aliphatic carbocycles. The monoisotopic (exact) mass is 424 g/mol. The van der Waals surface area contributed by atoms with Crippen LogP contribution in [0.25, 0.3) is 10.4 Å². The normalized spacial score (nSPS) is 17.4. The second-order valence-corrected chi connectivity index (χ2v) is 9.54. The van der Waals surface area contributed by atoms with Gasteiger partial charge in [-0.15, -0.1) is 22.7 Å². The van der Waals surface area contributed by atoms with Crippen molar-refractivity contribution >= 4 is 28.6 Å². The maximum Gasteiger partial charge on any atom is 0.261 e. The first-order chi connectivity index (χ1) is 14.3. The first kappa shape index (κ1) is 19.0. The maximum atomic E-state index is 13.0. The van der Waals surface area contributed by atoms with Gasteiger partial charge in [0.25, 0.3) is 5.91 Å². The molecule has 1 amide bonds. The van der Waals surface area contributed by atoms with Crippen molar-refractivity contribution in [3.8, 4) is 10.4 Å². The van der Waals surface area contributed by atoms with E-state index in [0.717, 1.165) is 44.0 Å². The Hall–Kier alpha value is -1.99. The minimum Gasteiger partial charge on any atom is -0.379 e. The number of fused-ring (bicyclic) bond motifs is 3. The van der Waals surface area contributed by atoms with Crippen molar-refractivity contribution in [3.05, 3.63) is 68.7 Å². The molecule has 0 saturated carbocycles. The third-order valence-corrected chi connectivity index (χ3v) is 7.96. The van der Waals surface area contributed by atoms with Crippen LogP contribution < -0.4 is 5.32 Å². The summed E-state index contributed by atoms with van der Waals surface area (Å²) in [7, 11) is 0. The molecule has 1 fully saturated rings. The number of hydrogen-bond acceptors (Lipinski definition) is 5. The van der Waals surface area contributed by atoms with Gasteiger partial charge in [0.15, 0.2) is 0 Å². The summed E-state index contributed by atoms with van der Waals surface area (Å²) in [5.74, 6) is 0.0386. The third-order valence-electron chi connectivity index (χ3n) is 5.77. The number of rotatable bonds is 5. The quantitative estimate of drug-likeness (QED) is 0.661. The summed E-state index contributed by atoms with van der Waals surface area (Å²) in [6.07, 6.45) is 2.07. The zero-order valence-corrected chi connectivity index (χ0v) is 17.9. The van der Waals surface area contributed by atoms with E-state index in [9.17, 15) is 4.79 Å². The molecule has 29 heavy (non-hydrogen) atoms. The summed E-state index contributed by atoms with van der Waals surface area (Å²) < 4.78 is 5.51. The van der Waals surface area contributed by atoms with Crippen LogP contribution in [0.4, 0.5) is 0 Å². The van der Waals surface area contributed by atoms with Crippen LogP contribution in [0.2, 0.25) is 0 Å². The Kier molecular flexibility index (Phi) is 5.50. The Morgan fingerprint density at radius 1 is 1.10 bits per heavy atom. The van der Waals surface area contributed by atoms with Crippen LogP contribution in [-0.2, 0) is 17.6 Å². The lowest BCUT2D eigenvalue weighted by Crippen LogP contribution is -2.43. The minimum atomic E-state index is 0.0386. The van der Waals surface area contributed by atoms with Gasteiger partial charge in [-0.25, -0.2) is 0 Å². The second-order valence-electron chi connectivity index (χ2n) is 7.51. The summed E-state index contributed by atoms with van der Waals surface area (Å²) in [5, 5.41) is 5.32. The number of benzene rings is 1. The molecule has 0 unspecified atom stereocenters. The number of morpholine rings is 1. The zero-order valence-electron chi connectivity index (χ0n) is 16.2. The molecular weight excluding hydrogens is 400 g/mol. The SMILES string of the molecule is O=C(NC[C@@H](c1cccs1)N1CCOCC1)c1cc2c(s1)-c1ccccc1CC2. The predicted octanol–water partition coefficient (Wildman–Crippen LogP) is 4.38. The van der Waals surface area contributed by atoms with Gasteiger partial charge in [0.2, 0.25) is 0 Å². The Bertz CT molecular complexity index is 990. The van der Waals surface area contributed by atoms with Crippen molar-refractivity contribution in [1.82, 2.24) is 10.2 Å². The van der Waals surface area contributed by atoms with E-state index in [1.165, 1.54) is 26.4 Å². The number of thiophene rings is 2. The topological polar surface area (TPSA) is 41.6 Å². The van der Waals surface area contributed by atoms with Gasteiger partial charge < -0.3 is 10.1 Å². The van der Waals surface area contributed by atoms with Crippen molar-refractivity contribution in [2.45, 2.75) is 18.9 Å². The Labute approximate surface area is 179 Å². The fraction of sp³-hybridized carbons (Fsp3) is 0.348. The van der Waals surface area contributed by atoms with Gasteiger partial charge in [-0.05, 0) is 47.0 Å². The van der Waals surface area contributed by atoms with Gasteiger partial charge in [-0.2, -0.15) is 0 Å². The Balaban J connectivity index is 1.32. The molecule has 0 spiro atoms. The van der Waals surface area contributed by atoms with Gasteiger partial charge >= 0.3 is 0 Å². The van der Waals surface area contributed by atoms with E-state index in [-0.39, 0.29) is 11.9 Å². The van der Waals surface area contributed by atoms with E-state index in [0.29, 0.717) is 6.54 Å². The average Bonchev–Trinajstić information content (AvgIpc) is 3.45. The predicted molar refractivity (Wildman–Crippen MR) is 119 cm³/mol. The fourth-order valence-electron chi connectivity index (χ4n) is 4.24. The molecule has 0 bridgehead atoms. The number of ether oxygens (including phenoxy) is 1. The van der Waals surface area contributed by atoms with E-state index in [4.69, 9.17) is 4.74 Å². The van der Waals surface area contributed by atoms with Gasteiger partial charge in [0, 0.05) is 29.4 Å². The van der Waals surface area contributed by atoms with Gasteiger partial charge in [0.05, 0.1) is 24.1 Å². The summed E-state index contributed by atoms with van der Waals surface area (Å²) in [4.78, 5) is 18.8. The first-order valence-corrected chi connectivity index (χ1v) is 11.8. The lowest BCUT2D eigenvalue weighted by Gasteiger charge is -2.34. The molecule has 2 aliphatic rings. The summed E-state index contributed by atoms with van der Waals surface area (Å²) in [6, 6.07) is 15.1. The Morgan fingerprint density at radius 2 is 1.93 bits per heavy atom. The minimum absolute atomic E-state index is 0.0386. The molecule has 0 radical (unpaired) electrons. The average molecular weight is 425 g/mol. The van der Waals surface area contributed by atoms with Crippen LogP contribution in [0.1, 0.15) is 31.7 Å². The molecule has 2 aromatic heterocycles. The molecule has 3 heterocycles. The van der Waals surface area contributed by atoms with Crippen molar-refractivity contribution in [2.75, 3.05) is 32.8 Å². The number of hydrogen-bond donors (Lipinski definition) is 1. The van der Waals surface area contributed by atoms with Crippen LogP contribution in [-0.4, -0.2) is 43.7 Å². The molecule has 1 aromatic carbocycles. The molecule has 1 aliphatic heterocycles. The number of carbonyl (C=O) groups is 1. The summed E-state index contributed by atoms with van der Waals surface area (Å²) >= 11 is 3.38. The summed E-state index contributed by atoms with van der Waals surface area (Å²) in [5.41, 5.74) is 3.99. The highest BCUT2D eigenvalue weighted by molar-refractivity contribution is 7.17. The van der Waals surface area contributed by atoms with E-state index in [2.05, 4.69) is 58.1 Å². The number of aryl methyl sites for hydroxylation is 2. The first-order valence-electron chi connectivity index (χ1n) is 10.1. The molecule has 150 valence electrons. The van der Waals surface area contributed by atoms with Crippen LogP contribution >= 0.6 is 22.7 Å². The standard InChI is InChI=1S/C23H24N2O2S2/c26-23(21-14-17-8-7-16-4-1-2-5-18(16)22(17)29-21)24-15-19(20-6-3-13-28-20)25-9-11-27-12-10-25/h1-6,13-14,19H,7-12,15H2,(H,24,26)/t19-/m0/s1. The highest BCUT2D eigenvalue weighted by atomic mass is 32.1. The molecule has 1 atom stereocenters. The van der Waals surface area contributed by atoms with Crippen LogP contribution in [0.15, 0.2) is 47.8 Å². The van der Waals surface area contributed by atoms with Gasteiger partial charge in [-0.1, -0.05) is 30.3 Å². The smallest absolute Gasteiger partial charge is 0.261 e. The summed E-state index contributed by atoms with van der Waals surface area (Å²) in [6.45, 7) is 3.95. The molecule has 5 rings (SSSR count). The van der Waals surface area contributed by atoms with Crippen molar-refractivity contribution in [2.24, 2.45) is 0 Å². The van der Waals surface area contributed by atoms with Gasteiger partial charge in [-0.3, -0.25) is 9.69 Å². The lowest BCUT2D eigenvalue weighted by atomic mass is 9.91. The fourth-order valence-corrected chi connectivity index (χ4v) is 6.29. The van der Waals surface area contributed by atoms with Crippen LogP contribution in [0.3, 0.4) is 0 Å². The molecule has 3 aromatic rings. The lowest BCUT2D eigenvalue weighted by molar-refractivity contribution is 0.0169. The molecule has 1 saturated heterocycles.